The lowest BCUT2D eigenvalue weighted by Crippen LogP contribution is -2.33. The zero-order valence-corrected chi connectivity index (χ0v) is 21.0. The number of carbonyl (C=O) groups is 1. The van der Waals surface area contributed by atoms with Gasteiger partial charge in [-0.15, -0.1) is 0 Å². The maximum absolute atomic E-state index is 13.3. The quantitative estimate of drug-likeness (QED) is 0.254. The number of furan rings is 1. The molecule has 11 heteroatoms. The Labute approximate surface area is 220 Å². The highest BCUT2D eigenvalue weighted by atomic mass is 35.5. The number of alkyl halides is 3. The van der Waals surface area contributed by atoms with Gasteiger partial charge in [-0.1, -0.05) is 29.3 Å². The fourth-order valence-corrected chi connectivity index (χ4v) is 4.40. The Morgan fingerprint density at radius 3 is 2.56 bits per heavy atom. The third-order valence-corrected chi connectivity index (χ3v) is 6.52. The fraction of sp³-hybridized carbons (Fsp3) is 0.200. The molecule has 1 saturated heterocycles. The summed E-state index contributed by atoms with van der Waals surface area (Å²) in [7, 11) is 0. The van der Waals surface area contributed by atoms with E-state index in [1.54, 1.807) is 30.3 Å². The molecule has 1 fully saturated rings. The highest BCUT2D eigenvalue weighted by molar-refractivity contribution is 7.80. The maximum Gasteiger partial charge on any atom is 0.416 e. The highest BCUT2D eigenvalue weighted by Crippen LogP contribution is 2.37. The van der Waals surface area contributed by atoms with Crippen molar-refractivity contribution >= 4 is 63.9 Å². The number of hydrogen-bond donors (Lipinski definition) is 2. The predicted molar refractivity (Wildman–Crippen MR) is 140 cm³/mol. The molecule has 1 aliphatic heterocycles. The van der Waals surface area contributed by atoms with Crippen LogP contribution in [0.1, 0.15) is 24.2 Å². The van der Waals surface area contributed by atoms with Crippen molar-refractivity contribution in [2.75, 3.05) is 23.3 Å². The van der Waals surface area contributed by atoms with E-state index in [4.69, 9.17) is 39.8 Å². The summed E-state index contributed by atoms with van der Waals surface area (Å²) in [6.45, 7) is 1.46. The van der Waals surface area contributed by atoms with Crippen molar-refractivity contribution in [2.24, 2.45) is 0 Å². The molecule has 1 aromatic heterocycles. The van der Waals surface area contributed by atoms with Gasteiger partial charge in [-0.05, 0) is 73.6 Å². The lowest BCUT2D eigenvalue weighted by Gasteiger charge is -2.23. The number of halogens is 5. The molecular formula is C25H20Cl2F3N3O2S. The first-order valence-corrected chi connectivity index (χ1v) is 12.1. The number of benzene rings is 2. The molecule has 36 heavy (non-hydrogen) atoms. The van der Waals surface area contributed by atoms with Gasteiger partial charge in [0.15, 0.2) is 5.11 Å². The van der Waals surface area contributed by atoms with Gasteiger partial charge in [0.05, 0.1) is 27.0 Å². The van der Waals surface area contributed by atoms with E-state index >= 15 is 0 Å². The maximum atomic E-state index is 13.3. The van der Waals surface area contributed by atoms with Crippen molar-refractivity contribution < 1.29 is 22.4 Å². The topological polar surface area (TPSA) is 57.5 Å². The smallest absolute Gasteiger partial charge is 0.416 e. The van der Waals surface area contributed by atoms with Crippen LogP contribution in [-0.2, 0) is 11.0 Å². The van der Waals surface area contributed by atoms with E-state index in [9.17, 15) is 18.0 Å². The van der Waals surface area contributed by atoms with Crippen LogP contribution >= 0.6 is 35.4 Å². The molecule has 0 unspecified atom stereocenters. The van der Waals surface area contributed by atoms with Gasteiger partial charge in [-0.3, -0.25) is 10.1 Å². The second-order valence-corrected chi connectivity index (χ2v) is 9.20. The van der Waals surface area contributed by atoms with Crippen molar-refractivity contribution in [3.63, 3.8) is 0 Å². The van der Waals surface area contributed by atoms with Crippen molar-refractivity contribution in [3.8, 4) is 11.3 Å². The largest absolute Gasteiger partial charge is 0.457 e. The SMILES string of the molecule is O=C(C=Cc1ccc(-c2cccc(Cl)c2Cl)o1)NC(=S)Nc1cc(C(F)(F)F)ccc1N1CCCC1. The summed E-state index contributed by atoms with van der Waals surface area (Å²) in [4.78, 5) is 14.3. The molecule has 0 saturated carbocycles. The number of amides is 1. The molecule has 0 spiro atoms. The first-order valence-electron chi connectivity index (χ1n) is 10.9. The second-order valence-electron chi connectivity index (χ2n) is 8.00. The number of nitrogens with zero attached hydrogens (tertiary/aromatic N) is 1. The van der Waals surface area contributed by atoms with E-state index in [-0.39, 0.29) is 10.8 Å². The van der Waals surface area contributed by atoms with Gasteiger partial charge in [-0.2, -0.15) is 13.2 Å². The molecule has 0 atom stereocenters. The Morgan fingerprint density at radius 1 is 1.08 bits per heavy atom. The van der Waals surface area contributed by atoms with Gasteiger partial charge in [-0.25, -0.2) is 0 Å². The first kappa shape index (κ1) is 26.1. The molecule has 1 amide bonds. The lowest BCUT2D eigenvalue weighted by molar-refractivity contribution is -0.137. The van der Waals surface area contributed by atoms with E-state index in [1.807, 2.05) is 4.90 Å². The van der Waals surface area contributed by atoms with Crippen LogP contribution in [0.4, 0.5) is 24.5 Å². The zero-order valence-electron chi connectivity index (χ0n) is 18.7. The lowest BCUT2D eigenvalue weighted by atomic mass is 10.1. The van der Waals surface area contributed by atoms with E-state index in [2.05, 4.69) is 10.6 Å². The van der Waals surface area contributed by atoms with Gasteiger partial charge in [0.1, 0.15) is 11.5 Å². The standard InChI is InChI=1S/C25H20Cl2F3N3O2S/c26-18-5-3-4-17(23(18)27)21-10-7-16(35-21)8-11-22(34)32-24(36)31-19-14-15(25(28,29)30)6-9-20(19)33-12-1-2-13-33/h3-11,14H,1-2,12-13H2,(H2,31,32,34,36). The number of nitrogens with one attached hydrogen (secondary N) is 2. The monoisotopic (exact) mass is 553 g/mol. The molecule has 2 heterocycles. The normalized spacial score (nSPS) is 13.9. The Kier molecular flexibility index (Phi) is 7.92. The molecule has 1 aliphatic rings. The average Bonchev–Trinajstić information content (AvgIpc) is 3.51. The zero-order chi connectivity index (χ0) is 25.9. The van der Waals surface area contributed by atoms with E-state index < -0.39 is 17.6 Å². The fourth-order valence-electron chi connectivity index (χ4n) is 3.79. The number of rotatable bonds is 5. The Balaban J connectivity index is 1.43. The number of thiocarbonyl (C=S) groups is 1. The summed E-state index contributed by atoms with van der Waals surface area (Å²) in [5.41, 5.74) is 0.564. The van der Waals surface area contributed by atoms with Crippen LogP contribution < -0.4 is 15.5 Å². The van der Waals surface area contributed by atoms with Gasteiger partial charge in [0.2, 0.25) is 5.91 Å². The summed E-state index contributed by atoms with van der Waals surface area (Å²) < 4.78 is 45.5. The molecule has 2 aromatic carbocycles. The van der Waals surface area contributed by atoms with Crippen LogP contribution in [0.3, 0.4) is 0 Å². The van der Waals surface area contributed by atoms with Crippen molar-refractivity contribution in [1.82, 2.24) is 5.32 Å². The number of carbonyl (C=O) groups excluding carboxylic acids is 1. The molecule has 5 nitrogen and oxygen atoms in total. The summed E-state index contributed by atoms with van der Waals surface area (Å²) in [5.74, 6) is 0.268. The Hall–Kier alpha value is -3.01. The second kappa shape index (κ2) is 10.9. The molecule has 0 aliphatic carbocycles. The van der Waals surface area contributed by atoms with Crippen LogP contribution in [0.5, 0.6) is 0 Å². The van der Waals surface area contributed by atoms with Crippen LogP contribution in [0.25, 0.3) is 17.4 Å². The van der Waals surface area contributed by atoms with Crippen LogP contribution in [0, 0.1) is 0 Å². The molecule has 0 bridgehead atoms. The van der Waals surface area contributed by atoms with Gasteiger partial charge in [0, 0.05) is 24.7 Å². The van der Waals surface area contributed by atoms with E-state index in [0.29, 0.717) is 32.8 Å². The summed E-state index contributed by atoms with van der Waals surface area (Å²) in [6, 6.07) is 11.9. The minimum atomic E-state index is -4.51. The molecule has 4 rings (SSSR count). The molecule has 2 N–H and O–H groups in total. The van der Waals surface area contributed by atoms with Crippen molar-refractivity contribution in [1.29, 1.82) is 0 Å². The van der Waals surface area contributed by atoms with Gasteiger partial charge >= 0.3 is 6.18 Å². The van der Waals surface area contributed by atoms with E-state index in [1.165, 1.54) is 18.2 Å². The minimum absolute atomic E-state index is 0.129. The van der Waals surface area contributed by atoms with Crippen LogP contribution in [0.2, 0.25) is 10.0 Å². The summed E-state index contributed by atoms with van der Waals surface area (Å²) in [6.07, 6.45) is 0.0171. The molecule has 0 radical (unpaired) electrons. The average molecular weight is 554 g/mol. The number of hydrogen-bond acceptors (Lipinski definition) is 4. The first-order chi connectivity index (χ1) is 17.1. The molecule has 3 aromatic rings. The van der Waals surface area contributed by atoms with Gasteiger partial charge < -0.3 is 14.6 Å². The van der Waals surface area contributed by atoms with Crippen molar-refractivity contribution in [2.45, 2.75) is 19.0 Å². The number of anilines is 2. The third-order valence-electron chi connectivity index (χ3n) is 5.50. The third kappa shape index (κ3) is 6.21. The predicted octanol–water partition coefficient (Wildman–Crippen LogP) is 7.40. The summed E-state index contributed by atoms with van der Waals surface area (Å²) in [5, 5.41) is 5.79. The van der Waals surface area contributed by atoms with E-state index in [0.717, 1.165) is 38.1 Å². The van der Waals surface area contributed by atoms with Crippen molar-refractivity contribution in [3.05, 3.63) is 76.0 Å². The Morgan fingerprint density at radius 2 is 1.83 bits per heavy atom. The van der Waals surface area contributed by atoms with Crippen LogP contribution in [0.15, 0.2) is 59.0 Å². The highest BCUT2D eigenvalue weighted by Gasteiger charge is 2.32. The Bertz CT molecular complexity index is 1320. The molecule has 188 valence electrons. The van der Waals surface area contributed by atoms with Gasteiger partial charge in [0.25, 0.3) is 0 Å². The summed E-state index contributed by atoms with van der Waals surface area (Å²) >= 11 is 17.4. The minimum Gasteiger partial charge on any atom is -0.457 e. The van der Waals surface area contributed by atoms with Crippen LogP contribution in [-0.4, -0.2) is 24.1 Å². The molecular weight excluding hydrogens is 534 g/mol.